The van der Waals surface area contributed by atoms with Gasteiger partial charge in [-0.2, -0.15) is 0 Å². The Kier molecular flexibility index (Phi) is 9.67. The van der Waals surface area contributed by atoms with Crippen LogP contribution in [0.1, 0.15) is 61.1 Å². The van der Waals surface area contributed by atoms with Gasteiger partial charge in [0.15, 0.2) is 0 Å². The summed E-state index contributed by atoms with van der Waals surface area (Å²) in [6.45, 7) is 9.40. The molecule has 0 spiro atoms. The monoisotopic (exact) mass is 450 g/mol. The largest absolute Gasteiger partial charge is 0.354 e. The number of likely N-dealkylation sites (tertiary alicyclic amines) is 1. The molecule has 6 nitrogen and oxygen atoms in total. The average Bonchev–Trinajstić information content (AvgIpc) is 3.30. The maximum atomic E-state index is 12.8. The van der Waals surface area contributed by atoms with Gasteiger partial charge in [-0.05, 0) is 38.1 Å². The van der Waals surface area contributed by atoms with Gasteiger partial charge >= 0.3 is 0 Å². The predicted octanol–water partition coefficient (Wildman–Crippen LogP) is 3.00. The number of aromatic nitrogens is 1. The van der Waals surface area contributed by atoms with Crippen molar-refractivity contribution < 1.29 is 9.59 Å². The van der Waals surface area contributed by atoms with Crippen LogP contribution in [0.5, 0.6) is 0 Å². The summed E-state index contributed by atoms with van der Waals surface area (Å²) in [4.78, 5) is 32.1. The Hall–Kier alpha value is -0.890. The summed E-state index contributed by atoms with van der Waals surface area (Å²) in [5.41, 5.74) is -0.0355. The molecule has 2 atom stereocenters. The third-order valence-electron chi connectivity index (χ3n) is 5.11. The summed E-state index contributed by atoms with van der Waals surface area (Å²) in [5.74, 6) is 0.503. The molecule has 0 bridgehead atoms. The molecule has 160 valence electrons. The molecule has 3 heterocycles. The molecule has 0 saturated carbocycles. The zero-order valence-electron chi connectivity index (χ0n) is 16.8. The van der Waals surface area contributed by atoms with Gasteiger partial charge < -0.3 is 15.5 Å². The fraction of sp³-hybridized carbons (Fsp3) is 0.737. The lowest BCUT2D eigenvalue weighted by Gasteiger charge is -2.32. The van der Waals surface area contributed by atoms with Crippen LogP contribution < -0.4 is 10.6 Å². The lowest BCUT2D eigenvalue weighted by Crippen LogP contribution is -2.46. The normalized spacial score (nSPS) is 22.2. The summed E-state index contributed by atoms with van der Waals surface area (Å²) in [6.07, 6.45) is 5.74. The minimum Gasteiger partial charge on any atom is -0.354 e. The van der Waals surface area contributed by atoms with Crippen molar-refractivity contribution in [2.75, 3.05) is 26.2 Å². The molecule has 2 fully saturated rings. The number of nitrogens with one attached hydrogen (secondary N) is 2. The number of carbonyl (C=O) groups excluding carboxylic acids is 2. The Bertz CT molecular complexity index is 657. The fourth-order valence-electron chi connectivity index (χ4n) is 3.57. The molecule has 2 N–H and O–H groups in total. The number of nitrogens with zero attached hydrogens (tertiary/aromatic N) is 2. The molecule has 1 aromatic rings. The Morgan fingerprint density at radius 3 is 2.64 bits per heavy atom. The zero-order valence-corrected chi connectivity index (χ0v) is 19.3. The minimum atomic E-state index is -0.0377. The lowest BCUT2D eigenvalue weighted by atomic mass is 9.97. The van der Waals surface area contributed by atoms with Crippen LogP contribution in [-0.2, 0) is 10.2 Å². The molecule has 1 aromatic heterocycles. The SMILES string of the molecule is CC(C)(C)c1ncc(C(=O)N2CCCC(CNC(=O)C3CCCN3)C2)s1.Cl.Cl. The first-order chi connectivity index (χ1) is 12.3. The molecule has 2 unspecified atom stereocenters. The van der Waals surface area contributed by atoms with Crippen LogP contribution in [0.2, 0.25) is 0 Å². The molecule has 28 heavy (non-hydrogen) atoms. The summed E-state index contributed by atoms with van der Waals surface area (Å²) < 4.78 is 0. The van der Waals surface area contributed by atoms with Crippen molar-refractivity contribution in [3.05, 3.63) is 16.1 Å². The molecule has 2 saturated heterocycles. The number of amides is 2. The van der Waals surface area contributed by atoms with Gasteiger partial charge in [-0.25, -0.2) is 4.98 Å². The molecule has 2 aliphatic heterocycles. The molecule has 2 aliphatic rings. The van der Waals surface area contributed by atoms with Crippen molar-refractivity contribution in [3.8, 4) is 0 Å². The first kappa shape index (κ1) is 25.1. The van der Waals surface area contributed by atoms with Crippen molar-refractivity contribution in [3.63, 3.8) is 0 Å². The lowest BCUT2D eigenvalue weighted by molar-refractivity contribution is -0.123. The van der Waals surface area contributed by atoms with Gasteiger partial charge in [-0.15, -0.1) is 36.2 Å². The second kappa shape index (κ2) is 10.8. The van der Waals surface area contributed by atoms with E-state index in [9.17, 15) is 9.59 Å². The van der Waals surface area contributed by atoms with Crippen LogP contribution >= 0.6 is 36.2 Å². The second-order valence-electron chi connectivity index (χ2n) is 8.43. The highest BCUT2D eigenvalue weighted by Gasteiger charge is 2.28. The Balaban J connectivity index is 0.00000196. The van der Waals surface area contributed by atoms with E-state index in [1.165, 1.54) is 11.3 Å². The Morgan fingerprint density at radius 1 is 1.29 bits per heavy atom. The molecule has 2 amide bonds. The van der Waals surface area contributed by atoms with Gasteiger partial charge in [0.2, 0.25) is 5.91 Å². The quantitative estimate of drug-likeness (QED) is 0.738. The van der Waals surface area contributed by atoms with Gasteiger partial charge in [-0.1, -0.05) is 20.8 Å². The zero-order chi connectivity index (χ0) is 18.7. The molecule has 0 aliphatic carbocycles. The highest BCUT2D eigenvalue weighted by atomic mass is 35.5. The maximum absolute atomic E-state index is 12.8. The van der Waals surface area contributed by atoms with Crippen molar-refractivity contribution >= 4 is 48.0 Å². The van der Waals surface area contributed by atoms with Gasteiger partial charge in [-0.3, -0.25) is 9.59 Å². The molecule has 3 rings (SSSR count). The third kappa shape index (κ3) is 6.31. The first-order valence-electron chi connectivity index (χ1n) is 9.61. The van der Waals surface area contributed by atoms with E-state index < -0.39 is 0 Å². The topological polar surface area (TPSA) is 74.3 Å². The van der Waals surface area contributed by atoms with Gasteiger partial charge in [0.1, 0.15) is 4.88 Å². The molecular weight excluding hydrogens is 419 g/mol. The van der Waals surface area contributed by atoms with Crippen LogP contribution in [0.15, 0.2) is 6.20 Å². The van der Waals surface area contributed by atoms with E-state index in [-0.39, 0.29) is 48.1 Å². The van der Waals surface area contributed by atoms with Crippen molar-refractivity contribution in [2.24, 2.45) is 5.92 Å². The Morgan fingerprint density at radius 2 is 2.04 bits per heavy atom. The van der Waals surface area contributed by atoms with Crippen LogP contribution in [-0.4, -0.2) is 53.9 Å². The number of thiazole rings is 1. The van der Waals surface area contributed by atoms with Crippen molar-refractivity contribution in [1.82, 2.24) is 20.5 Å². The van der Waals surface area contributed by atoms with Gasteiger partial charge in [0.05, 0.1) is 17.2 Å². The standard InChI is InChI=1S/C19H30N4O2S.2ClH/c1-19(2,3)18-22-11-15(26-18)17(25)23-9-5-6-13(12-23)10-21-16(24)14-7-4-8-20-14;;/h11,13-14,20H,4-10,12H2,1-3H3,(H,21,24);2*1H. The van der Waals surface area contributed by atoms with Crippen LogP contribution in [0, 0.1) is 5.92 Å². The number of halogens is 2. The van der Waals surface area contributed by atoms with Crippen LogP contribution in [0.3, 0.4) is 0 Å². The minimum absolute atomic E-state index is 0. The van der Waals surface area contributed by atoms with Crippen LogP contribution in [0.25, 0.3) is 0 Å². The molecule has 0 aromatic carbocycles. The first-order valence-corrected chi connectivity index (χ1v) is 10.4. The van der Waals surface area contributed by atoms with Gasteiger partial charge in [0.25, 0.3) is 5.91 Å². The van der Waals surface area contributed by atoms with E-state index in [0.717, 1.165) is 48.7 Å². The Labute approximate surface area is 184 Å². The summed E-state index contributed by atoms with van der Waals surface area (Å²) in [7, 11) is 0. The average molecular weight is 451 g/mol. The summed E-state index contributed by atoms with van der Waals surface area (Å²) in [6, 6.07) is -0.0377. The smallest absolute Gasteiger partial charge is 0.265 e. The number of piperidine rings is 1. The number of hydrogen-bond acceptors (Lipinski definition) is 5. The summed E-state index contributed by atoms with van der Waals surface area (Å²) in [5, 5.41) is 7.28. The van der Waals surface area contributed by atoms with E-state index in [0.29, 0.717) is 19.0 Å². The van der Waals surface area contributed by atoms with Crippen LogP contribution in [0.4, 0.5) is 0 Å². The van der Waals surface area contributed by atoms with E-state index in [4.69, 9.17) is 0 Å². The van der Waals surface area contributed by atoms with Gasteiger partial charge in [0, 0.05) is 25.0 Å². The van der Waals surface area contributed by atoms with E-state index in [2.05, 4.69) is 36.4 Å². The highest BCUT2D eigenvalue weighted by molar-refractivity contribution is 7.13. The number of hydrogen-bond donors (Lipinski definition) is 2. The maximum Gasteiger partial charge on any atom is 0.265 e. The fourth-order valence-corrected chi connectivity index (χ4v) is 4.51. The van der Waals surface area contributed by atoms with E-state index >= 15 is 0 Å². The molecule has 9 heteroatoms. The number of rotatable bonds is 4. The molecular formula is C19H32Cl2N4O2S. The van der Waals surface area contributed by atoms with E-state index in [1.54, 1.807) is 6.20 Å². The van der Waals surface area contributed by atoms with Crippen molar-refractivity contribution in [2.45, 2.75) is 57.9 Å². The molecule has 0 radical (unpaired) electrons. The number of carbonyl (C=O) groups is 2. The van der Waals surface area contributed by atoms with E-state index in [1.807, 2.05) is 4.90 Å². The third-order valence-corrected chi connectivity index (χ3v) is 6.52. The van der Waals surface area contributed by atoms with Crippen molar-refractivity contribution in [1.29, 1.82) is 0 Å². The summed E-state index contributed by atoms with van der Waals surface area (Å²) >= 11 is 1.50. The highest BCUT2D eigenvalue weighted by Crippen LogP contribution is 2.28. The predicted molar refractivity (Wildman–Crippen MR) is 118 cm³/mol. The second-order valence-corrected chi connectivity index (χ2v) is 9.46.